The number of nitrogens with two attached hydrogens (primary N) is 1. The summed E-state index contributed by atoms with van der Waals surface area (Å²) in [5.41, 5.74) is 4.86. The summed E-state index contributed by atoms with van der Waals surface area (Å²) in [4.78, 5) is 10.3. The summed E-state index contributed by atoms with van der Waals surface area (Å²) in [6.45, 7) is 2.25. The minimum atomic E-state index is -0.537. The van der Waals surface area contributed by atoms with Crippen LogP contribution >= 0.6 is 12.2 Å². The first-order valence-corrected chi connectivity index (χ1v) is 4.61. The molecule has 0 saturated heterocycles. The molecule has 0 radical (unpaired) electrons. The molecule has 0 heterocycles. The van der Waals surface area contributed by atoms with Crippen LogP contribution < -0.4 is 21.7 Å². The predicted octanol–water partition coefficient (Wildman–Crippen LogP) is -1.23. The zero-order valence-electron chi connectivity index (χ0n) is 8.13. The second-order valence-corrected chi connectivity index (χ2v) is 2.87. The largest absolute Gasteiger partial charge is 0.383 e. The van der Waals surface area contributed by atoms with Crippen LogP contribution in [0.25, 0.3) is 0 Å². The van der Waals surface area contributed by atoms with Crippen molar-refractivity contribution in [3.8, 4) is 0 Å². The summed E-state index contributed by atoms with van der Waals surface area (Å²) in [6.07, 6.45) is 0. The van der Waals surface area contributed by atoms with Gasteiger partial charge >= 0.3 is 6.03 Å². The van der Waals surface area contributed by atoms with Gasteiger partial charge < -0.3 is 26.4 Å². The van der Waals surface area contributed by atoms with Crippen molar-refractivity contribution >= 4 is 23.4 Å². The van der Waals surface area contributed by atoms with Crippen LogP contribution in [0.2, 0.25) is 0 Å². The Balaban J connectivity index is 3.22. The summed E-state index contributed by atoms with van der Waals surface area (Å²) in [5, 5.41) is 8.78. The number of rotatable bonds is 6. The van der Waals surface area contributed by atoms with Crippen molar-refractivity contribution in [2.45, 2.75) is 0 Å². The number of hydrogen-bond acceptors (Lipinski definition) is 3. The molecule has 0 aliphatic rings. The number of ether oxygens (including phenoxy) is 1. The number of hydrogen-bond donors (Lipinski definition) is 4. The van der Waals surface area contributed by atoms with E-state index in [1.54, 1.807) is 7.11 Å². The molecular formula is C7H16N4O2S. The Morgan fingerprint density at radius 3 is 2.43 bits per heavy atom. The van der Waals surface area contributed by atoms with E-state index >= 15 is 0 Å². The molecule has 14 heavy (non-hydrogen) atoms. The average molecular weight is 220 g/mol. The maximum Gasteiger partial charge on any atom is 0.312 e. The van der Waals surface area contributed by atoms with E-state index in [9.17, 15) is 4.79 Å². The van der Waals surface area contributed by atoms with Crippen LogP contribution in [0.3, 0.4) is 0 Å². The van der Waals surface area contributed by atoms with Crippen molar-refractivity contribution in [1.29, 1.82) is 0 Å². The molecular weight excluding hydrogens is 204 g/mol. The normalized spacial score (nSPS) is 9.21. The second-order valence-electron chi connectivity index (χ2n) is 2.47. The molecule has 0 aromatic rings. The van der Waals surface area contributed by atoms with Gasteiger partial charge in [0.25, 0.3) is 0 Å². The average Bonchev–Trinajstić information content (AvgIpc) is 2.13. The third kappa shape index (κ3) is 9.01. The van der Waals surface area contributed by atoms with Crippen LogP contribution in [-0.4, -0.2) is 44.5 Å². The standard InChI is InChI=1S/C7H16N4O2S/c1-13-5-4-11-7(14)10-3-2-9-6(8)12/h2-5H2,1H3,(H3,8,9,12)(H2,10,11,14). The van der Waals surface area contributed by atoms with Gasteiger partial charge in [-0.15, -0.1) is 0 Å². The quantitative estimate of drug-likeness (QED) is 0.332. The maximum atomic E-state index is 10.3. The molecule has 0 saturated carbocycles. The molecule has 0 aliphatic heterocycles. The molecule has 0 spiro atoms. The lowest BCUT2D eigenvalue weighted by atomic mass is 10.6. The number of carbonyl (C=O) groups excluding carboxylic acids is 1. The first kappa shape index (κ1) is 12.9. The van der Waals surface area contributed by atoms with E-state index in [1.807, 2.05) is 0 Å². The van der Waals surface area contributed by atoms with Gasteiger partial charge in [0, 0.05) is 26.7 Å². The van der Waals surface area contributed by atoms with Gasteiger partial charge in [0.2, 0.25) is 0 Å². The molecule has 0 fully saturated rings. The third-order valence-corrected chi connectivity index (χ3v) is 1.59. The Kier molecular flexibility index (Phi) is 7.86. The second kappa shape index (κ2) is 8.52. The van der Waals surface area contributed by atoms with Gasteiger partial charge in [0.05, 0.1) is 6.61 Å². The highest BCUT2D eigenvalue weighted by Crippen LogP contribution is 1.68. The molecule has 0 bridgehead atoms. The molecule has 0 atom stereocenters. The van der Waals surface area contributed by atoms with Crippen molar-refractivity contribution in [3.63, 3.8) is 0 Å². The molecule has 6 nitrogen and oxygen atoms in total. The van der Waals surface area contributed by atoms with E-state index in [1.165, 1.54) is 0 Å². The first-order chi connectivity index (χ1) is 6.66. The van der Waals surface area contributed by atoms with Gasteiger partial charge in [-0.25, -0.2) is 4.79 Å². The molecule has 2 amide bonds. The van der Waals surface area contributed by atoms with Gasteiger partial charge in [-0.2, -0.15) is 0 Å². The molecule has 0 aromatic carbocycles. The highest BCUT2D eigenvalue weighted by Gasteiger charge is 1.94. The number of methoxy groups -OCH3 is 1. The Morgan fingerprint density at radius 1 is 1.29 bits per heavy atom. The van der Waals surface area contributed by atoms with E-state index in [-0.39, 0.29) is 0 Å². The maximum absolute atomic E-state index is 10.3. The monoisotopic (exact) mass is 220 g/mol. The minimum Gasteiger partial charge on any atom is -0.383 e. The van der Waals surface area contributed by atoms with Crippen LogP contribution in [-0.2, 0) is 4.74 Å². The Labute approximate surface area is 88.6 Å². The SMILES string of the molecule is COCCNC(=S)NCCNC(N)=O. The van der Waals surface area contributed by atoms with Crippen molar-refractivity contribution in [3.05, 3.63) is 0 Å². The van der Waals surface area contributed by atoms with Crippen molar-refractivity contribution < 1.29 is 9.53 Å². The van der Waals surface area contributed by atoms with Crippen LogP contribution in [0.1, 0.15) is 0 Å². The molecule has 0 unspecified atom stereocenters. The Morgan fingerprint density at radius 2 is 1.86 bits per heavy atom. The number of amides is 2. The number of nitrogens with one attached hydrogen (secondary N) is 3. The Bertz CT molecular complexity index is 189. The van der Waals surface area contributed by atoms with Crippen LogP contribution in [0.5, 0.6) is 0 Å². The summed E-state index contributed by atoms with van der Waals surface area (Å²) in [7, 11) is 1.62. The molecule has 0 aliphatic carbocycles. The lowest BCUT2D eigenvalue weighted by molar-refractivity contribution is 0.204. The highest BCUT2D eigenvalue weighted by atomic mass is 32.1. The zero-order valence-corrected chi connectivity index (χ0v) is 8.95. The van der Waals surface area contributed by atoms with Crippen LogP contribution in [0.15, 0.2) is 0 Å². The summed E-state index contributed by atoms with van der Waals surface area (Å²) < 4.78 is 4.83. The van der Waals surface area contributed by atoms with E-state index in [0.29, 0.717) is 31.4 Å². The smallest absolute Gasteiger partial charge is 0.312 e. The number of primary amides is 1. The topological polar surface area (TPSA) is 88.4 Å². The fraction of sp³-hybridized carbons (Fsp3) is 0.714. The van der Waals surface area contributed by atoms with E-state index in [0.717, 1.165) is 0 Å². The molecule has 0 aromatic heterocycles. The lowest BCUT2D eigenvalue weighted by Crippen LogP contribution is -2.42. The lowest BCUT2D eigenvalue weighted by Gasteiger charge is -2.09. The summed E-state index contributed by atoms with van der Waals surface area (Å²) >= 11 is 4.92. The molecule has 5 N–H and O–H groups in total. The Hall–Kier alpha value is -1.08. The zero-order chi connectivity index (χ0) is 10.8. The number of carbonyl (C=O) groups is 1. The van der Waals surface area contributed by atoms with E-state index < -0.39 is 6.03 Å². The van der Waals surface area contributed by atoms with E-state index in [2.05, 4.69) is 16.0 Å². The molecule has 82 valence electrons. The van der Waals surface area contributed by atoms with Crippen molar-refractivity contribution in [1.82, 2.24) is 16.0 Å². The van der Waals surface area contributed by atoms with Gasteiger partial charge in [-0.05, 0) is 12.2 Å². The summed E-state index contributed by atoms with van der Waals surface area (Å²) in [6, 6.07) is -0.537. The van der Waals surface area contributed by atoms with Gasteiger partial charge in [-0.3, -0.25) is 0 Å². The fourth-order valence-corrected chi connectivity index (χ4v) is 0.895. The van der Waals surface area contributed by atoms with Crippen molar-refractivity contribution in [2.24, 2.45) is 5.73 Å². The highest BCUT2D eigenvalue weighted by molar-refractivity contribution is 7.80. The van der Waals surface area contributed by atoms with Gasteiger partial charge in [-0.1, -0.05) is 0 Å². The minimum absolute atomic E-state index is 0.446. The van der Waals surface area contributed by atoms with E-state index in [4.69, 9.17) is 22.7 Å². The molecule has 0 rings (SSSR count). The number of thiocarbonyl (C=S) groups is 1. The van der Waals surface area contributed by atoms with Crippen LogP contribution in [0.4, 0.5) is 4.79 Å². The molecule has 7 heteroatoms. The van der Waals surface area contributed by atoms with Gasteiger partial charge in [0.1, 0.15) is 0 Å². The fourth-order valence-electron chi connectivity index (χ4n) is 0.691. The number of urea groups is 1. The van der Waals surface area contributed by atoms with Crippen molar-refractivity contribution in [2.75, 3.05) is 33.4 Å². The predicted molar refractivity (Wildman–Crippen MR) is 58.1 cm³/mol. The van der Waals surface area contributed by atoms with Crippen LogP contribution in [0, 0.1) is 0 Å². The first-order valence-electron chi connectivity index (χ1n) is 4.20. The van der Waals surface area contributed by atoms with Gasteiger partial charge in [0.15, 0.2) is 5.11 Å². The third-order valence-electron chi connectivity index (χ3n) is 1.30. The summed E-state index contributed by atoms with van der Waals surface area (Å²) in [5.74, 6) is 0.